The van der Waals surface area contributed by atoms with E-state index in [1.165, 1.54) is 0 Å². The second-order valence-corrected chi connectivity index (χ2v) is 4.53. The van der Waals surface area contributed by atoms with Crippen LogP contribution in [0.15, 0.2) is 24.3 Å². The van der Waals surface area contributed by atoms with Gasteiger partial charge in [0.05, 0.1) is 7.11 Å². The number of rotatable bonds is 6. The monoisotopic (exact) mass is 235 g/mol. The Balaban J connectivity index is 2.87. The summed E-state index contributed by atoms with van der Waals surface area (Å²) in [6.45, 7) is 4.30. The van der Waals surface area contributed by atoms with Crippen molar-refractivity contribution in [2.75, 3.05) is 13.7 Å². The first-order chi connectivity index (χ1) is 8.07. The standard InChI is InChI=1S/C14H21NO2/c1-4-14(2,10-15)13(16)9-11-7-5-6-8-12(11)17-3/h5-8H,4,9-10,15H2,1-3H3. The van der Waals surface area contributed by atoms with Gasteiger partial charge in [-0.3, -0.25) is 4.79 Å². The van der Waals surface area contributed by atoms with Crippen molar-refractivity contribution in [2.24, 2.45) is 11.1 Å². The molecule has 1 unspecified atom stereocenters. The Morgan fingerprint density at radius 2 is 2.06 bits per heavy atom. The second-order valence-electron chi connectivity index (χ2n) is 4.53. The fourth-order valence-corrected chi connectivity index (χ4v) is 1.69. The molecule has 3 heteroatoms. The lowest BCUT2D eigenvalue weighted by molar-refractivity contribution is -0.126. The molecular weight excluding hydrogens is 214 g/mol. The molecule has 0 heterocycles. The predicted octanol–water partition coefficient (Wildman–Crippen LogP) is 2.18. The Morgan fingerprint density at radius 3 is 2.59 bits per heavy atom. The van der Waals surface area contributed by atoms with Crippen molar-refractivity contribution in [3.05, 3.63) is 29.8 Å². The summed E-state index contributed by atoms with van der Waals surface area (Å²) in [6.07, 6.45) is 1.14. The molecule has 0 saturated carbocycles. The van der Waals surface area contributed by atoms with Crippen LogP contribution in [0.25, 0.3) is 0 Å². The van der Waals surface area contributed by atoms with Crippen molar-refractivity contribution in [1.82, 2.24) is 0 Å². The molecule has 0 fully saturated rings. The molecule has 0 saturated heterocycles. The first-order valence-corrected chi connectivity index (χ1v) is 5.92. The Hall–Kier alpha value is -1.35. The molecule has 17 heavy (non-hydrogen) atoms. The Labute approximate surface area is 103 Å². The molecule has 1 atom stereocenters. The van der Waals surface area contributed by atoms with Gasteiger partial charge in [0, 0.05) is 23.9 Å². The van der Waals surface area contributed by atoms with E-state index >= 15 is 0 Å². The minimum Gasteiger partial charge on any atom is -0.496 e. The molecule has 0 spiro atoms. The summed E-state index contributed by atoms with van der Waals surface area (Å²) in [5.74, 6) is 0.934. The highest BCUT2D eigenvalue weighted by atomic mass is 16.5. The molecule has 0 radical (unpaired) electrons. The maximum absolute atomic E-state index is 12.2. The van der Waals surface area contributed by atoms with E-state index in [9.17, 15) is 4.79 Å². The Kier molecular flexibility index (Phi) is 4.70. The maximum atomic E-state index is 12.2. The molecule has 3 nitrogen and oxygen atoms in total. The highest BCUT2D eigenvalue weighted by Crippen LogP contribution is 2.26. The van der Waals surface area contributed by atoms with Crippen molar-refractivity contribution in [3.63, 3.8) is 0 Å². The van der Waals surface area contributed by atoms with Crippen LogP contribution in [0.1, 0.15) is 25.8 Å². The van der Waals surface area contributed by atoms with Crippen molar-refractivity contribution >= 4 is 5.78 Å². The summed E-state index contributed by atoms with van der Waals surface area (Å²) in [5, 5.41) is 0. The first kappa shape index (κ1) is 13.7. The number of Topliss-reactive ketones (excluding diaryl/α,β-unsaturated/α-hetero) is 1. The lowest BCUT2D eigenvalue weighted by atomic mass is 9.80. The molecule has 0 aliphatic heterocycles. The van der Waals surface area contributed by atoms with Crippen molar-refractivity contribution in [2.45, 2.75) is 26.7 Å². The highest BCUT2D eigenvalue weighted by Gasteiger charge is 2.29. The molecule has 0 aromatic heterocycles. The van der Waals surface area contributed by atoms with Crippen LogP contribution in [0.2, 0.25) is 0 Å². The minimum atomic E-state index is -0.430. The Morgan fingerprint density at radius 1 is 1.41 bits per heavy atom. The molecular formula is C14H21NO2. The largest absolute Gasteiger partial charge is 0.496 e. The van der Waals surface area contributed by atoms with Crippen LogP contribution in [-0.2, 0) is 11.2 Å². The van der Waals surface area contributed by atoms with Gasteiger partial charge >= 0.3 is 0 Å². The number of carbonyl (C=O) groups is 1. The number of nitrogens with two attached hydrogens (primary N) is 1. The third-order valence-corrected chi connectivity index (χ3v) is 3.45. The summed E-state index contributed by atoms with van der Waals surface area (Å²) in [4.78, 5) is 12.2. The lowest BCUT2D eigenvalue weighted by Gasteiger charge is -2.24. The van der Waals surface area contributed by atoms with Gasteiger partial charge < -0.3 is 10.5 Å². The van der Waals surface area contributed by atoms with E-state index in [0.29, 0.717) is 13.0 Å². The number of para-hydroxylation sites is 1. The van der Waals surface area contributed by atoms with E-state index in [2.05, 4.69) is 0 Å². The zero-order valence-electron chi connectivity index (χ0n) is 10.8. The number of benzene rings is 1. The van der Waals surface area contributed by atoms with E-state index < -0.39 is 5.41 Å². The average Bonchev–Trinajstić information content (AvgIpc) is 2.38. The van der Waals surface area contributed by atoms with Gasteiger partial charge in [-0.2, -0.15) is 0 Å². The smallest absolute Gasteiger partial charge is 0.144 e. The lowest BCUT2D eigenvalue weighted by Crippen LogP contribution is -2.36. The number of hydrogen-bond acceptors (Lipinski definition) is 3. The van der Waals surface area contributed by atoms with Crippen LogP contribution < -0.4 is 10.5 Å². The highest BCUT2D eigenvalue weighted by molar-refractivity contribution is 5.87. The summed E-state index contributed by atoms with van der Waals surface area (Å²) in [6, 6.07) is 7.60. The van der Waals surface area contributed by atoms with E-state index in [1.807, 2.05) is 38.1 Å². The minimum absolute atomic E-state index is 0.173. The summed E-state index contributed by atoms with van der Waals surface area (Å²) in [7, 11) is 1.62. The van der Waals surface area contributed by atoms with Gasteiger partial charge in [0.25, 0.3) is 0 Å². The quantitative estimate of drug-likeness (QED) is 0.822. The SMILES string of the molecule is CCC(C)(CN)C(=O)Cc1ccccc1OC. The van der Waals surface area contributed by atoms with Crippen molar-refractivity contribution < 1.29 is 9.53 Å². The van der Waals surface area contributed by atoms with E-state index in [4.69, 9.17) is 10.5 Å². The van der Waals surface area contributed by atoms with E-state index in [0.717, 1.165) is 17.7 Å². The fraction of sp³-hybridized carbons (Fsp3) is 0.500. The van der Waals surface area contributed by atoms with Gasteiger partial charge in [0.2, 0.25) is 0 Å². The van der Waals surface area contributed by atoms with Crippen LogP contribution in [0.3, 0.4) is 0 Å². The third kappa shape index (κ3) is 3.07. The third-order valence-electron chi connectivity index (χ3n) is 3.45. The number of carbonyl (C=O) groups excluding carboxylic acids is 1. The van der Waals surface area contributed by atoms with Gasteiger partial charge in [-0.15, -0.1) is 0 Å². The Bertz CT molecular complexity index is 384. The topological polar surface area (TPSA) is 52.3 Å². The van der Waals surface area contributed by atoms with Gasteiger partial charge in [-0.1, -0.05) is 32.0 Å². The molecule has 94 valence electrons. The number of methoxy groups -OCH3 is 1. The molecule has 1 aromatic carbocycles. The van der Waals surface area contributed by atoms with Gasteiger partial charge in [-0.25, -0.2) is 0 Å². The van der Waals surface area contributed by atoms with E-state index in [-0.39, 0.29) is 5.78 Å². The average molecular weight is 235 g/mol. The second kappa shape index (κ2) is 5.82. The summed E-state index contributed by atoms with van der Waals surface area (Å²) >= 11 is 0. The number of hydrogen-bond donors (Lipinski definition) is 1. The van der Waals surface area contributed by atoms with Crippen LogP contribution >= 0.6 is 0 Å². The van der Waals surface area contributed by atoms with E-state index in [1.54, 1.807) is 7.11 Å². The molecule has 2 N–H and O–H groups in total. The van der Waals surface area contributed by atoms with Crippen LogP contribution in [0, 0.1) is 5.41 Å². The molecule has 1 aromatic rings. The summed E-state index contributed by atoms with van der Waals surface area (Å²) < 4.78 is 5.24. The molecule has 0 aliphatic rings. The normalized spacial score (nSPS) is 14.1. The van der Waals surface area contributed by atoms with Gasteiger partial charge in [-0.05, 0) is 12.5 Å². The van der Waals surface area contributed by atoms with Crippen LogP contribution in [0.5, 0.6) is 5.75 Å². The maximum Gasteiger partial charge on any atom is 0.144 e. The van der Waals surface area contributed by atoms with Gasteiger partial charge in [0.1, 0.15) is 11.5 Å². The molecule has 1 rings (SSSR count). The van der Waals surface area contributed by atoms with Crippen molar-refractivity contribution in [1.29, 1.82) is 0 Å². The van der Waals surface area contributed by atoms with Gasteiger partial charge in [0.15, 0.2) is 0 Å². The predicted molar refractivity (Wildman–Crippen MR) is 69.2 cm³/mol. The first-order valence-electron chi connectivity index (χ1n) is 5.92. The van der Waals surface area contributed by atoms with Crippen molar-refractivity contribution in [3.8, 4) is 5.75 Å². The van der Waals surface area contributed by atoms with Crippen LogP contribution in [0.4, 0.5) is 0 Å². The summed E-state index contributed by atoms with van der Waals surface area (Å²) in [5.41, 5.74) is 6.19. The number of ketones is 1. The van der Waals surface area contributed by atoms with Crippen LogP contribution in [-0.4, -0.2) is 19.4 Å². The zero-order chi connectivity index (χ0) is 12.9. The zero-order valence-corrected chi connectivity index (χ0v) is 10.8. The molecule has 0 aliphatic carbocycles. The molecule has 0 bridgehead atoms. The number of ether oxygens (including phenoxy) is 1. The fourth-order valence-electron chi connectivity index (χ4n) is 1.69. The molecule has 0 amide bonds.